The molecule has 1 saturated heterocycles. The van der Waals surface area contributed by atoms with Crippen molar-refractivity contribution in [2.45, 2.75) is 32.4 Å². The van der Waals surface area contributed by atoms with Gasteiger partial charge in [-0.1, -0.05) is 21.6 Å². The Hall–Kier alpha value is -0.0700. The second kappa shape index (κ2) is 6.75. The maximum absolute atomic E-state index is 11.6. The van der Waals surface area contributed by atoms with E-state index in [-0.39, 0.29) is 6.09 Å². The summed E-state index contributed by atoms with van der Waals surface area (Å²) in [6.07, 6.45) is 1.88. The predicted octanol–water partition coefficient (Wildman–Crippen LogP) is 2.21. The summed E-state index contributed by atoms with van der Waals surface area (Å²) >= 11 is 0. The first-order valence-corrected chi connectivity index (χ1v) is 8.52. The van der Waals surface area contributed by atoms with Crippen LogP contribution < -0.4 is 5.32 Å². The topological polar surface area (TPSA) is 41.6 Å². The zero-order chi connectivity index (χ0) is 12.9. The van der Waals surface area contributed by atoms with Crippen LogP contribution in [0, 0.1) is 0 Å². The summed E-state index contributed by atoms with van der Waals surface area (Å²) in [5.74, 6) is 1.10. The summed E-state index contributed by atoms with van der Waals surface area (Å²) in [5.41, 5.74) is -0.398. The van der Waals surface area contributed by atoms with Crippen molar-refractivity contribution >= 4 is 27.7 Å². The molecule has 1 N–H and O–H groups in total. The molecule has 0 saturated carbocycles. The van der Waals surface area contributed by atoms with E-state index in [1.807, 2.05) is 31.6 Å². The normalized spacial score (nSPS) is 16.8. The van der Waals surface area contributed by atoms with E-state index in [0.29, 0.717) is 6.04 Å². The first-order chi connectivity index (χ1) is 7.92. The fraction of sp³-hybridized carbons (Fsp3) is 0.909. The Kier molecular flexibility index (Phi) is 5.95. The molecule has 0 aliphatic carbocycles. The molecule has 1 rings (SSSR count). The standard InChI is InChI=1S/C11H22N2O2S2/c1-11(2,3)15-10(14)13-7-9(8-13)12-5-6-17-16-4/h9,12H,5-8H2,1-4H3. The zero-order valence-corrected chi connectivity index (χ0v) is 12.6. The summed E-state index contributed by atoms with van der Waals surface area (Å²) in [4.78, 5) is 13.4. The van der Waals surface area contributed by atoms with E-state index < -0.39 is 5.60 Å². The summed E-state index contributed by atoms with van der Waals surface area (Å²) in [5, 5.41) is 3.42. The molecule has 4 nitrogen and oxygen atoms in total. The third-order valence-electron chi connectivity index (χ3n) is 2.27. The van der Waals surface area contributed by atoms with Crippen molar-refractivity contribution in [3.8, 4) is 0 Å². The van der Waals surface area contributed by atoms with Crippen LogP contribution in [0.5, 0.6) is 0 Å². The van der Waals surface area contributed by atoms with Gasteiger partial charge in [0.15, 0.2) is 0 Å². The van der Waals surface area contributed by atoms with Crippen molar-refractivity contribution in [1.29, 1.82) is 0 Å². The van der Waals surface area contributed by atoms with Crippen LogP contribution in [0.3, 0.4) is 0 Å². The third-order valence-corrected chi connectivity index (χ3v) is 4.08. The van der Waals surface area contributed by atoms with Crippen molar-refractivity contribution < 1.29 is 9.53 Å². The van der Waals surface area contributed by atoms with Gasteiger partial charge in [-0.15, -0.1) is 0 Å². The van der Waals surface area contributed by atoms with Gasteiger partial charge in [0.25, 0.3) is 0 Å². The SMILES string of the molecule is CSSCCNC1CN(C(=O)OC(C)(C)C)C1. The van der Waals surface area contributed by atoms with Crippen LogP contribution in [0.1, 0.15) is 20.8 Å². The van der Waals surface area contributed by atoms with Crippen LogP contribution in [-0.2, 0) is 4.74 Å². The van der Waals surface area contributed by atoms with Crippen molar-refractivity contribution in [2.24, 2.45) is 0 Å². The quantitative estimate of drug-likeness (QED) is 0.617. The van der Waals surface area contributed by atoms with Crippen LogP contribution in [0.25, 0.3) is 0 Å². The minimum atomic E-state index is -0.398. The molecule has 0 radical (unpaired) electrons. The molecule has 0 aromatic carbocycles. The number of likely N-dealkylation sites (tertiary alicyclic amines) is 1. The van der Waals surface area contributed by atoms with Crippen molar-refractivity contribution in [3.05, 3.63) is 0 Å². The maximum Gasteiger partial charge on any atom is 0.410 e. The molecule has 1 amide bonds. The minimum Gasteiger partial charge on any atom is -0.444 e. The summed E-state index contributed by atoms with van der Waals surface area (Å²) < 4.78 is 5.28. The molecule has 0 aromatic rings. The van der Waals surface area contributed by atoms with Gasteiger partial charge >= 0.3 is 6.09 Å². The van der Waals surface area contributed by atoms with E-state index in [9.17, 15) is 4.79 Å². The molecular weight excluding hydrogens is 256 g/mol. The number of amides is 1. The predicted molar refractivity (Wildman–Crippen MR) is 75.6 cm³/mol. The highest BCUT2D eigenvalue weighted by atomic mass is 33.1. The number of rotatable bonds is 5. The fourth-order valence-corrected chi connectivity index (χ4v) is 2.59. The highest BCUT2D eigenvalue weighted by Gasteiger charge is 2.32. The van der Waals surface area contributed by atoms with E-state index in [1.165, 1.54) is 0 Å². The molecular formula is C11H22N2O2S2. The molecule has 0 unspecified atom stereocenters. The van der Waals surface area contributed by atoms with Crippen molar-refractivity contribution in [3.63, 3.8) is 0 Å². The molecule has 1 heterocycles. The molecule has 6 heteroatoms. The van der Waals surface area contributed by atoms with Gasteiger partial charge < -0.3 is 15.0 Å². The lowest BCUT2D eigenvalue weighted by molar-refractivity contribution is 0.00556. The van der Waals surface area contributed by atoms with Gasteiger partial charge in [-0.3, -0.25) is 0 Å². The largest absolute Gasteiger partial charge is 0.444 e. The number of nitrogens with one attached hydrogen (secondary N) is 1. The number of hydrogen-bond donors (Lipinski definition) is 1. The molecule has 1 aliphatic rings. The molecule has 0 bridgehead atoms. The first-order valence-electron chi connectivity index (χ1n) is 5.79. The van der Waals surface area contributed by atoms with Gasteiger partial charge in [0.05, 0.1) is 0 Å². The van der Waals surface area contributed by atoms with Crippen molar-refractivity contribution in [1.82, 2.24) is 10.2 Å². The van der Waals surface area contributed by atoms with Crippen LogP contribution >= 0.6 is 21.6 Å². The van der Waals surface area contributed by atoms with Gasteiger partial charge in [0.1, 0.15) is 5.60 Å². The number of nitrogens with zero attached hydrogens (tertiary/aromatic N) is 1. The lowest BCUT2D eigenvalue weighted by Gasteiger charge is -2.40. The molecule has 1 aliphatic heterocycles. The highest BCUT2D eigenvalue weighted by Crippen LogP contribution is 2.17. The molecule has 17 heavy (non-hydrogen) atoms. The molecule has 0 spiro atoms. The third kappa shape index (κ3) is 5.88. The summed E-state index contributed by atoms with van der Waals surface area (Å²) in [6, 6.07) is 0.435. The Balaban J connectivity index is 2.08. The summed E-state index contributed by atoms with van der Waals surface area (Å²) in [7, 11) is 3.63. The van der Waals surface area contributed by atoms with E-state index in [2.05, 4.69) is 11.6 Å². The Bertz CT molecular complexity index is 250. The Morgan fingerprint density at radius 1 is 1.47 bits per heavy atom. The lowest BCUT2D eigenvalue weighted by atomic mass is 10.1. The van der Waals surface area contributed by atoms with Gasteiger partial charge in [-0.25, -0.2) is 4.79 Å². The van der Waals surface area contributed by atoms with Crippen LogP contribution in [0.2, 0.25) is 0 Å². The first kappa shape index (κ1) is 15.0. The number of carbonyl (C=O) groups excluding carboxylic acids is 1. The average Bonchev–Trinajstić information content (AvgIpc) is 2.11. The Morgan fingerprint density at radius 2 is 2.12 bits per heavy atom. The second-order valence-electron chi connectivity index (χ2n) is 5.03. The molecule has 100 valence electrons. The van der Waals surface area contributed by atoms with E-state index in [0.717, 1.165) is 25.4 Å². The summed E-state index contributed by atoms with van der Waals surface area (Å²) in [6.45, 7) is 8.19. The lowest BCUT2D eigenvalue weighted by Crippen LogP contribution is -2.60. The van der Waals surface area contributed by atoms with Crippen molar-refractivity contribution in [2.75, 3.05) is 31.6 Å². The van der Waals surface area contributed by atoms with Crippen LogP contribution in [0.15, 0.2) is 0 Å². The Labute approximate surface area is 112 Å². The van der Waals surface area contributed by atoms with E-state index in [1.54, 1.807) is 15.7 Å². The van der Waals surface area contributed by atoms with E-state index in [4.69, 9.17) is 4.74 Å². The van der Waals surface area contributed by atoms with Crippen LogP contribution in [0.4, 0.5) is 4.79 Å². The van der Waals surface area contributed by atoms with Gasteiger partial charge in [0, 0.05) is 31.4 Å². The number of ether oxygens (including phenoxy) is 1. The number of hydrogen-bond acceptors (Lipinski definition) is 5. The molecule has 1 fully saturated rings. The molecule has 0 atom stereocenters. The Morgan fingerprint density at radius 3 is 2.65 bits per heavy atom. The van der Waals surface area contributed by atoms with Gasteiger partial charge in [0.2, 0.25) is 0 Å². The van der Waals surface area contributed by atoms with Gasteiger partial charge in [-0.2, -0.15) is 0 Å². The zero-order valence-electron chi connectivity index (χ0n) is 11.0. The number of carbonyl (C=O) groups is 1. The average molecular weight is 278 g/mol. The molecule has 0 aromatic heterocycles. The smallest absolute Gasteiger partial charge is 0.410 e. The second-order valence-corrected chi connectivity index (χ2v) is 7.71. The van der Waals surface area contributed by atoms with Crippen LogP contribution in [-0.4, -0.2) is 54.3 Å². The maximum atomic E-state index is 11.6. The highest BCUT2D eigenvalue weighted by molar-refractivity contribution is 8.76. The monoisotopic (exact) mass is 278 g/mol. The fourth-order valence-electron chi connectivity index (χ4n) is 1.47. The van der Waals surface area contributed by atoms with E-state index >= 15 is 0 Å². The minimum absolute atomic E-state index is 0.200. The van der Waals surface area contributed by atoms with Gasteiger partial charge in [-0.05, 0) is 27.0 Å².